The van der Waals surface area contributed by atoms with Gasteiger partial charge in [-0.15, -0.1) is 0 Å². The van der Waals surface area contributed by atoms with Crippen LogP contribution >= 0.6 is 15.9 Å². The number of imide groups is 1. The molecule has 0 aromatic heterocycles. The highest BCUT2D eigenvalue weighted by molar-refractivity contribution is 9.10. The van der Waals surface area contributed by atoms with Gasteiger partial charge in [0.25, 0.3) is 5.91 Å². The van der Waals surface area contributed by atoms with Crippen LogP contribution in [0.15, 0.2) is 28.7 Å². The van der Waals surface area contributed by atoms with Crippen molar-refractivity contribution in [3.63, 3.8) is 0 Å². The molecule has 0 radical (unpaired) electrons. The molecule has 1 aromatic carbocycles. The van der Waals surface area contributed by atoms with Crippen molar-refractivity contribution in [1.29, 1.82) is 0 Å². The Morgan fingerprint density at radius 3 is 2.48 bits per heavy atom. The number of nitrogens with zero attached hydrogens (tertiary/aromatic N) is 1. The number of halogens is 1. The maximum absolute atomic E-state index is 12.1. The molecule has 1 aliphatic heterocycles. The van der Waals surface area contributed by atoms with Crippen LogP contribution in [0, 0.1) is 0 Å². The van der Waals surface area contributed by atoms with E-state index in [-0.39, 0.29) is 6.42 Å². The number of hydrazine groups is 1. The summed E-state index contributed by atoms with van der Waals surface area (Å²) in [6.45, 7) is 3.43. The molecule has 1 aliphatic rings. The summed E-state index contributed by atoms with van der Waals surface area (Å²) in [6, 6.07) is 6.64. The van der Waals surface area contributed by atoms with E-state index in [0.29, 0.717) is 6.42 Å². The number of nitrogens with one attached hydrogen (secondary N) is 2. The van der Waals surface area contributed by atoms with Crippen LogP contribution in [-0.4, -0.2) is 28.4 Å². The Kier molecular flexibility index (Phi) is 4.32. The molecule has 1 heterocycles. The third kappa shape index (κ3) is 3.24. The Bertz CT molecular complexity index is 588. The third-order valence-electron chi connectivity index (χ3n) is 3.48. The van der Waals surface area contributed by atoms with Crippen molar-refractivity contribution in [2.24, 2.45) is 0 Å². The number of amides is 4. The van der Waals surface area contributed by atoms with E-state index >= 15 is 0 Å². The van der Waals surface area contributed by atoms with Gasteiger partial charge in [-0.25, -0.2) is 4.79 Å². The van der Waals surface area contributed by atoms with E-state index in [1.165, 1.54) is 0 Å². The van der Waals surface area contributed by atoms with Crippen LogP contribution < -0.4 is 10.7 Å². The fraction of sp³-hybridized carbons (Fsp3) is 0.357. The van der Waals surface area contributed by atoms with Gasteiger partial charge < -0.3 is 5.32 Å². The molecule has 0 saturated carbocycles. The summed E-state index contributed by atoms with van der Waals surface area (Å²) in [5.41, 5.74) is 2.19. The monoisotopic (exact) mass is 353 g/mol. The maximum atomic E-state index is 12.1. The van der Waals surface area contributed by atoms with Gasteiger partial charge in [-0.1, -0.05) is 35.0 Å². The fourth-order valence-corrected chi connectivity index (χ4v) is 2.24. The quantitative estimate of drug-likeness (QED) is 0.809. The lowest BCUT2D eigenvalue weighted by Crippen LogP contribution is -2.49. The Balaban J connectivity index is 2.01. The lowest BCUT2D eigenvalue weighted by atomic mass is 10.00. The van der Waals surface area contributed by atoms with E-state index in [0.717, 1.165) is 15.0 Å². The van der Waals surface area contributed by atoms with Gasteiger partial charge in [0.1, 0.15) is 5.54 Å². The zero-order valence-electron chi connectivity index (χ0n) is 11.8. The van der Waals surface area contributed by atoms with Crippen molar-refractivity contribution in [1.82, 2.24) is 15.8 Å². The molecule has 6 nitrogen and oxygen atoms in total. The second-order valence-corrected chi connectivity index (χ2v) is 6.01. The van der Waals surface area contributed by atoms with Crippen LogP contribution in [0.25, 0.3) is 0 Å². The molecule has 112 valence electrons. The van der Waals surface area contributed by atoms with Crippen molar-refractivity contribution < 1.29 is 14.4 Å². The van der Waals surface area contributed by atoms with Crippen molar-refractivity contribution in [3.8, 4) is 0 Å². The summed E-state index contributed by atoms with van der Waals surface area (Å²) in [5.74, 6) is -0.861. The number of hydrogen-bond acceptors (Lipinski definition) is 3. The first kappa shape index (κ1) is 15.5. The molecule has 1 unspecified atom stereocenters. The summed E-state index contributed by atoms with van der Waals surface area (Å²) in [4.78, 5) is 35.8. The molecule has 1 aromatic rings. The van der Waals surface area contributed by atoms with E-state index in [4.69, 9.17) is 0 Å². The van der Waals surface area contributed by atoms with Crippen LogP contribution in [-0.2, 0) is 16.0 Å². The van der Waals surface area contributed by atoms with Gasteiger partial charge in [0.05, 0.1) is 6.42 Å². The topological polar surface area (TPSA) is 78.5 Å². The lowest BCUT2D eigenvalue weighted by Gasteiger charge is -2.19. The number of benzene rings is 1. The van der Waals surface area contributed by atoms with Crippen molar-refractivity contribution in [2.45, 2.75) is 32.2 Å². The van der Waals surface area contributed by atoms with Gasteiger partial charge in [0.2, 0.25) is 5.91 Å². The molecule has 4 amide bonds. The molecule has 1 saturated heterocycles. The van der Waals surface area contributed by atoms with Crippen molar-refractivity contribution in [3.05, 3.63) is 34.3 Å². The standard InChI is InChI=1S/C14H16BrN3O3/c1-3-14(2)12(20)18(13(21)16-14)17-11(19)8-9-4-6-10(15)7-5-9/h4-7H,3,8H2,1-2H3,(H,16,21)(H,17,19). The van der Waals surface area contributed by atoms with Gasteiger partial charge in [-0.05, 0) is 31.0 Å². The fourth-order valence-electron chi connectivity index (χ4n) is 1.98. The molecule has 2 rings (SSSR count). The molecule has 2 N–H and O–H groups in total. The van der Waals surface area contributed by atoms with E-state index in [9.17, 15) is 14.4 Å². The molecule has 7 heteroatoms. The summed E-state index contributed by atoms with van der Waals surface area (Å²) < 4.78 is 0.916. The Morgan fingerprint density at radius 1 is 1.33 bits per heavy atom. The molecule has 1 atom stereocenters. The van der Waals surface area contributed by atoms with Crippen LogP contribution in [0.4, 0.5) is 4.79 Å². The molecular formula is C14H16BrN3O3. The number of urea groups is 1. The van der Waals surface area contributed by atoms with Crippen LogP contribution in [0.2, 0.25) is 0 Å². The SMILES string of the molecule is CCC1(C)NC(=O)N(NC(=O)Cc2ccc(Br)cc2)C1=O. The minimum Gasteiger partial charge on any atom is -0.322 e. The molecular weight excluding hydrogens is 338 g/mol. The predicted octanol–water partition coefficient (Wildman–Crippen LogP) is 1.74. The number of carbonyl (C=O) groups excluding carboxylic acids is 3. The summed E-state index contributed by atoms with van der Waals surface area (Å²) in [7, 11) is 0. The normalized spacial score (nSPS) is 21.4. The highest BCUT2D eigenvalue weighted by atomic mass is 79.9. The lowest BCUT2D eigenvalue weighted by molar-refractivity contribution is -0.138. The largest absolute Gasteiger partial charge is 0.344 e. The van der Waals surface area contributed by atoms with Gasteiger partial charge in [-0.3, -0.25) is 15.0 Å². The maximum Gasteiger partial charge on any atom is 0.344 e. The Morgan fingerprint density at radius 2 is 1.95 bits per heavy atom. The third-order valence-corrected chi connectivity index (χ3v) is 4.01. The zero-order valence-corrected chi connectivity index (χ0v) is 13.4. The smallest absolute Gasteiger partial charge is 0.322 e. The summed E-state index contributed by atoms with van der Waals surface area (Å²) >= 11 is 3.31. The van der Waals surface area contributed by atoms with Gasteiger partial charge >= 0.3 is 6.03 Å². The molecule has 0 spiro atoms. The average molecular weight is 354 g/mol. The second kappa shape index (κ2) is 5.85. The average Bonchev–Trinajstić information content (AvgIpc) is 2.66. The van der Waals surface area contributed by atoms with E-state index in [1.807, 2.05) is 12.1 Å². The minimum absolute atomic E-state index is 0.0905. The van der Waals surface area contributed by atoms with Gasteiger partial charge in [-0.2, -0.15) is 5.01 Å². The van der Waals surface area contributed by atoms with Gasteiger partial charge in [0, 0.05) is 4.47 Å². The first-order valence-corrected chi connectivity index (χ1v) is 7.35. The first-order chi connectivity index (χ1) is 9.85. The number of carbonyl (C=O) groups is 3. The highest BCUT2D eigenvalue weighted by Gasteiger charge is 2.47. The molecule has 1 fully saturated rings. The van der Waals surface area contributed by atoms with Crippen LogP contribution in [0.1, 0.15) is 25.8 Å². The zero-order chi connectivity index (χ0) is 15.6. The molecule has 0 aliphatic carbocycles. The van der Waals surface area contributed by atoms with E-state index < -0.39 is 23.4 Å². The summed E-state index contributed by atoms with van der Waals surface area (Å²) in [6.07, 6.45) is 0.545. The number of rotatable bonds is 4. The van der Waals surface area contributed by atoms with E-state index in [2.05, 4.69) is 26.7 Å². The Hall–Kier alpha value is -1.89. The summed E-state index contributed by atoms with van der Waals surface area (Å²) in [5, 5.41) is 3.33. The van der Waals surface area contributed by atoms with Crippen LogP contribution in [0.3, 0.4) is 0 Å². The minimum atomic E-state index is -0.956. The van der Waals surface area contributed by atoms with Crippen molar-refractivity contribution in [2.75, 3.05) is 0 Å². The number of hydrogen-bond donors (Lipinski definition) is 2. The highest BCUT2D eigenvalue weighted by Crippen LogP contribution is 2.19. The van der Waals surface area contributed by atoms with Crippen LogP contribution in [0.5, 0.6) is 0 Å². The first-order valence-electron chi connectivity index (χ1n) is 6.56. The van der Waals surface area contributed by atoms with Crippen molar-refractivity contribution >= 4 is 33.8 Å². The van der Waals surface area contributed by atoms with Gasteiger partial charge in [0.15, 0.2) is 0 Å². The predicted molar refractivity (Wildman–Crippen MR) is 80.1 cm³/mol. The van der Waals surface area contributed by atoms with E-state index in [1.54, 1.807) is 26.0 Å². The second-order valence-electron chi connectivity index (χ2n) is 5.09. The molecule has 0 bridgehead atoms. The molecule has 21 heavy (non-hydrogen) atoms. The Labute approximate surface area is 131 Å².